The number of benzene rings is 3. The number of nitrogens with one attached hydrogen (secondary N) is 1. The standard InChI is InChI=1S/C23H21N3O4S/c1-17(31-22-5-3-2-4-6-22)23(27)25-24-15-18-9-13-21(14-10-18)30-16-19-7-11-20(12-8-19)26(28)29/h2-15,17H,16H2,1H3,(H,25,27). The van der Waals surface area contributed by atoms with E-state index in [2.05, 4.69) is 10.5 Å². The van der Waals surface area contributed by atoms with Gasteiger partial charge in [-0.1, -0.05) is 18.2 Å². The lowest BCUT2D eigenvalue weighted by molar-refractivity contribution is -0.384. The number of thioether (sulfide) groups is 1. The summed E-state index contributed by atoms with van der Waals surface area (Å²) in [4.78, 5) is 23.4. The summed E-state index contributed by atoms with van der Waals surface area (Å²) in [6.45, 7) is 2.14. The molecule has 0 saturated carbocycles. The highest BCUT2D eigenvalue weighted by Gasteiger charge is 2.13. The fourth-order valence-corrected chi connectivity index (χ4v) is 3.43. The van der Waals surface area contributed by atoms with Gasteiger partial charge in [0, 0.05) is 17.0 Å². The Bertz CT molecular complexity index is 1040. The number of hydrazone groups is 1. The summed E-state index contributed by atoms with van der Waals surface area (Å²) >= 11 is 1.47. The van der Waals surface area contributed by atoms with Crippen LogP contribution in [0.25, 0.3) is 0 Å². The van der Waals surface area contributed by atoms with Gasteiger partial charge < -0.3 is 4.74 Å². The molecule has 0 saturated heterocycles. The Hall–Kier alpha value is -3.65. The summed E-state index contributed by atoms with van der Waals surface area (Å²) in [5.74, 6) is 0.487. The number of amides is 1. The second kappa shape index (κ2) is 10.9. The minimum Gasteiger partial charge on any atom is -0.489 e. The highest BCUT2D eigenvalue weighted by molar-refractivity contribution is 8.00. The molecular weight excluding hydrogens is 414 g/mol. The van der Waals surface area contributed by atoms with Crippen LogP contribution in [0.15, 0.2) is 88.9 Å². The number of nitro groups is 1. The van der Waals surface area contributed by atoms with Crippen molar-refractivity contribution >= 4 is 29.6 Å². The van der Waals surface area contributed by atoms with Gasteiger partial charge in [-0.05, 0) is 66.6 Å². The first-order valence-corrected chi connectivity index (χ1v) is 10.4. The molecule has 1 atom stereocenters. The van der Waals surface area contributed by atoms with Crippen molar-refractivity contribution in [2.24, 2.45) is 5.10 Å². The lowest BCUT2D eigenvalue weighted by atomic mass is 10.2. The van der Waals surface area contributed by atoms with E-state index in [9.17, 15) is 14.9 Å². The lowest BCUT2D eigenvalue weighted by Gasteiger charge is -2.09. The van der Waals surface area contributed by atoms with Crippen molar-refractivity contribution in [2.45, 2.75) is 23.7 Å². The summed E-state index contributed by atoms with van der Waals surface area (Å²) in [5.41, 5.74) is 4.25. The molecular formula is C23H21N3O4S. The van der Waals surface area contributed by atoms with Crippen LogP contribution in [0, 0.1) is 10.1 Å². The van der Waals surface area contributed by atoms with E-state index in [-0.39, 0.29) is 16.8 Å². The van der Waals surface area contributed by atoms with Crippen molar-refractivity contribution in [3.05, 3.63) is 100 Å². The lowest BCUT2D eigenvalue weighted by Crippen LogP contribution is -2.26. The van der Waals surface area contributed by atoms with Crippen molar-refractivity contribution in [3.8, 4) is 5.75 Å². The van der Waals surface area contributed by atoms with Crippen molar-refractivity contribution in [3.63, 3.8) is 0 Å². The maximum atomic E-state index is 12.2. The SMILES string of the molecule is CC(Sc1ccccc1)C(=O)NN=Cc1ccc(OCc2ccc([N+](=O)[O-])cc2)cc1. The van der Waals surface area contributed by atoms with E-state index >= 15 is 0 Å². The summed E-state index contributed by atoms with van der Waals surface area (Å²) in [6.07, 6.45) is 1.57. The molecule has 0 radical (unpaired) electrons. The monoisotopic (exact) mass is 435 g/mol. The maximum absolute atomic E-state index is 12.2. The van der Waals surface area contributed by atoms with Crippen LogP contribution in [-0.4, -0.2) is 22.3 Å². The molecule has 0 heterocycles. The number of hydrogen-bond donors (Lipinski definition) is 1. The molecule has 0 aromatic heterocycles. The molecule has 3 aromatic rings. The minimum absolute atomic E-state index is 0.0486. The molecule has 1 N–H and O–H groups in total. The van der Waals surface area contributed by atoms with E-state index in [1.807, 2.05) is 49.4 Å². The van der Waals surface area contributed by atoms with Crippen molar-refractivity contribution in [1.29, 1.82) is 0 Å². The van der Waals surface area contributed by atoms with Gasteiger partial charge in [-0.15, -0.1) is 11.8 Å². The van der Waals surface area contributed by atoms with E-state index in [0.717, 1.165) is 16.0 Å². The molecule has 158 valence electrons. The third-order valence-corrected chi connectivity index (χ3v) is 5.36. The van der Waals surface area contributed by atoms with Crippen LogP contribution in [0.3, 0.4) is 0 Å². The van der Waals surface area contributed by atoms with Gasteiger partial charge in [-0.3, -0.25) is 14.9 Å². The molecule has 1 amide bonds. The fourth-order valence-electron chi connectivity index (χ4n) is 2.55. The maximum Gasteiger partial charge on any atom is 0.269 e. The molecule has 0 aliphatic carbocycles. The van der Waals surface area contributed by atoms with E-state index in [4.69, 9.17) is 4.74 Å². The Morgan fingerprint density at radius 1 is 1.10 bits per heavy atom. The third kappa shape index (κ3) is 6.97. The number of ether oxygens (including phenoxy) is 1. The van der Waals surface area contributed by atoms with Crippen LogP contribution in [0.1, 0.15) is 18.1 Å². The van der Waals surface area contributed by atoms with Crippen molar-refractivity contribution < 1.29 is 14.5 Å². The predicted molar refractivity (Wildman–Crippen MR) is 121 cm³/mol. The van der Waals surface area contributed by atoms with Crippen LogP contribution >= 0.6 is 11.8 Å². The molecule has 0 bridgehead atoms. The molecule has 0 spiro atoms. The molecule has 0 aliphatic rings. The van der Waals surface area contributed by atoms with Gasteiger partial charge in [-0.25, -0.2) is 5.43 Å². The van der Waals surface area contributed by atoms with Crippen molar-refractivity contribution in [2.75, 3.05) is 0 Å². The fraction of sp³-hybridized carbons (Fsp3) is 0.130. The first kappa shape index (κ1) is 22.0. The van der Waals surface area contributed by atoms with Crippen LogP contribution in [-0.2, 0) is 11.4 Å². The second-order valence-corrected chi connectivity index (χ2v) is 8.00. The number of carbonyl (C=O) groups is 1. The van der Waals surface area contributed by atoms with Gasteiger partial charge in [0.15, 0.2) is 0 Å². The number of hydrogen-bond acceptors (Lipinski definition) is 6. The number of nitrogens with zero attached hydrogens (tertiary/aromatic N) is 2. The average molecular weight is 436 g/mol. The number of non-ortho nitro benzene ring substituents is 1. The Labute approximate surface area is 184 Å². The average Bonchev–Trinajstić information content (AvgIpc) is 2.79. The molecule has 1 unspecified atom stereocenters. The molecule has 0 fully saturated rings. The van der Waals surface area contributed by atoms with Crippen LogP contribution in [0.4, 0.5) is 5.69 Å². The van der Waals surface area contributed by atoms with Crippen LogP contribution < -0.4 is 10.2 Å². The Morgan fingerprint density at radius 3 is 2.42 bits per heavy atom. The van der Waals surface area contributed by atoms with Crippen LogP contribution in [0.2, 0.25) is 0 Å². The number of nitro benzene ring substituents is 1. The quantitative estimate of drug-likeness (QED) is 0.225. The van der Waals surface area contributed by atoms with E-state index in [1.54, 1.807) is 30.5 Å². The topological polar surface area (TPSA) is 93.8 Å². The largest absolute Gasteiger partial charge is 0.489 e. The van der Waals surface area contributed by atoms with Gasteiger partial charge in [0.2, 0.25) is 0 Å². The Balaban J connectivity index is 1.45. The van der Waals surface area contributed by atoms with E-state index < -0.39 is 4.92 Å². The zero-order valence-corrected chi connectivity index (χ0v) is 17.6. The van der Waals surface area contributed by atoms with E-state index in [1.165, 1.54) is 23.9 Å². The van der Waals surface area contributed by atoms with Crippen LogP contribution in [0.5, 0.6) is 5.75 Å². The summed E-state index contributed by atoms with van der Waals surface area (Å²) in [7, 11) is 0. The third-order valence-electron chi connectivity index (χ3n) is 4.25. The molecule has 8 heteroatoms. The van der Waals surface area contributed by atoms with Gasteiger partial charge in [0.25, 0.3) is 11.6 Å². The highest BCUT2D eigenvalue weighted by Crippen LogP contribution is 2.22. The van der Waals surface area contributed by atoms with Gasteiger partial charge in [-0.2, -0.15) is 5.10 Å². The predicted octanol–water partition coefficient (Wildman–Crippen LogP) is 4.80. The first-order valence-electron chi connectivity index (χ1n) is 9.52. The van der Waals surface area contributed by atoms with Gasteiger partial charge in [0.05, 0.1) is 16.4 Å². The first-order chi connectivity index (χ1) is 15.0. The molecule has 3 rings (SSSR count). The Kier molecular flexibility index (Phi) is 7.78. The van der Waals surface area contributed by atoms with Gasteiger partial charge in [0.1, 0.15) is 12.4 Å². The summed E-state index contributed by atoms with van der Waals surface area (Å²) < 4.78 is 5.69. The molecule has 3 aromatic carbocycles. The number of rotatable bonds is 9. The number of carbonyl (C=O) groups excluding carboxylic acids is 1. The second-order valence-electron chi connectivity index (χ2n) is 6.59. The highest BCUT2D eigenvalue weighted by atomic mass is 32.2. The minimum atomic E-state index is -0.434. The summed E-state index contributed by atoms with van der Waals surface area (Å²) in [6, 6.07) is 23.2. The zero-order chi connectivity index (χ0) is 22.1. The normalized spacial score (nSPS) is 11.8. The summed E-state index contributed by atoms with van der Waals surface area (Å²) in [5, 5.41) is 14.4. The molecule has 7 nitrogen and oxygen atoms in total. The van der Waals surface area contributed by atoms with Gasteiger partial charge >= 0.3 is 0 Å². The van der Waals surface area contributed by atoms with E-state index in [0.29, 0.717) is 12.4 Å². The molecule has 31 heavy (non-hydrogen) atoms. The smallest absolute Gasteiger partial charge is 0.269 e. The zero-order valence-electron chi connectivity index (χ0n) is 16.8. The Morgan fingerprint density at radius 2 is 1.77 bits per heavy atom. The molecule has 0 aliphatic heterocycles. The van der Waals surface area contributed by atoms with Crippen molar-refractivity contribution in [1.82, 2.24) is 5.43 Å².